The number of carbonyl (C=O) groups is 1. The van der Waals surface area contributed by atoms with Gasteiger partial charge in [0.15, 0.2) is 0 Å². The molecule has 2 unspecified atom stereocenters. The molecule has 1 N–H and O–H groups in total. The molecular weight excluding hydrogens is 226 g/mol. The van der Waals surface area contributed by atoms with Crippen molar-refractivity contribution in [1.29, 1.82) is 0 Å². The summed E-state index contributed by atoms with van der Waals surface area (Å²) in [5.41, 5.74) is 0. The number of piperazine rings is 1. The number of amides is 1. The highest BCUT2D eigenvalue weighted by Gasteiger charge is 2.25. The van der Waals surface area contributed by atoms with Crippen molar-refractivity contribution in [2.75, 3.05) is 46.3 Å². The van der Waals surface area contributed by atoms with Crippen LogP contribution in [-0.4, -0.2) is 62.0 Å². The lowest BCUT2D eigenvalue weighted by Gasteiger charge is -2.34. The molecule has 0 aromatic rings. The van der Waals surface area contributed by atoms with Gasteiger partial charge in [-0.1, -0.05) is 6.92 Å². The summed E-state index contributed by atoms with van der Waals surface area (Å²) in [5.74, 6) is 1.57. The van der Waals surface area contributed by atoms with E-state index in [4.69, 9.17) is 0 Å². The summed E-state index contributed by atoms with van der Waals surface area (Å²) in [7, 11) is 2.12. The zero-order chi connectivity index (χ0) is 13.0. The zero-order valence-electron chi connectivity index (χ0n) is 11.8. The summed E-state index contributed by atoms with van der Waals surface area (Å²) in [4.78, 5) is 16.6. The number of nitrogens with zero attached hydrogens (tertiary/aromatic N) is 2. The number of nitrogens with one attached hydrogen (secondary N) is 1. The molecule has 0 spiro atoms. The Morgan fingerprint density at radius 2 is 2.06 bits per heavy atom. The van der Waals surface area contributed by atoms with Gasteiger partial charge in [-0.25, -0.2) is 0 Å². The fraction of sp³-hybridized carbons (Fsp3) is 0.929. The van der Waals surface area contributed by atoms with Gasteiger partial charge in [0.1, 0.15) is 0 Å². The fourth-order valence-electron chi connectivity index (χ4n) is 2.99. The number of rotatable bonds is 3. The van der Waals surface area contributed by atoms with Crippen LogP contribution in [0.4, 0.5) is 0 Å². The molecule has 2 fully saturated rings. The molecule has 18 heavy (non-hydrogen) atoms. The lowest BCUT2D eigenvalue weighted by Crippen LogP contribution is -2.47. The van der Waals surface area contributed by atoms with Gasteiger partial charge in [0.2, 0.25) is 5.91 Å². The second kappa shape index (κ2) is 6.53. The van der Waals surface area contributed by atoms with E-state index in [-0.39, 0.29) is 0 Å². The molecule has 2 heterocycles. The molecule has 4 nitrogen and oxygen atoms in total. The van der Waals surface area contributed by atoms with Crippen LogP contribution < -0.4 is 5.32 Å². The van der Waals surface area contributed by atoms with Gasteiger partial charge in [-0.3, -0.25) is 4.79 Å². The van der Waals surface area contributed by atoms with E-state index in [2.05, 4.69) is 24.2 Å². The van der Waals surface area contributed by atoms with E-state index in [0.717, 1.165) is 45.7 Å². The predicted molar refractivity (Wildman–Crippen MR) is 73.5 cm³/mol. The maximum absolute atomic E-state index is 12.2. The molecule has 0 aromatic carbocycles. The molecule has 1 amide bonds. The van der Waals surface area contributed by atoms with Crippen molar-refractivity contribution in [2.45, 2.75) is 26.2 Å². The first kappa shape index (κ1) is 13.8. The van der Waals surface area contributed by atoms with Crippen molar-refractivity contribution in [3.05, 3.63) is 0 Å². The molecule has 2 aliphatic rings. The third kappa shape index (κ3) is 3.69. The highest BCUT2D eigenvalue weighted by atomic mass is 16.2. The van der Waals surface area contributed by atoms with E-state index in [1.165, 1.54) is 12.8 Å². The zero-order valence-corrected chi connectivity index (χ0v) is 11.8. The Morgan fingerprint density at radius 1 is 1.33 bits per heavy atom. The van der Waals surface area contributed by atoms with Crippen LogP contribution in [-0.2, 0) is 4.79 Å². The number of carbonyl (C=O) groups excluding carboxylic acids is 1. The van der Waals surface area contributed by atoms with Crippen LogP contribution in [0, 0.1) is 11.8 Å². The average Bonchev–Trinajstić information content (AvgIpc) is 2.40. The van der Waals surface area contributed by atoms with Crippen molar-refractivity contribution in [3.63, 3.8) is 0 Å². The summed E-state index contributed by atoms with van der Waals surface area (Å²) in [6.07, 6.45) is 3.28. The van der Waals surface area contributed by atoms with Gasteiger partial charge in [-0.05, 0) is 44.8 Å². The largest absolute Gasteiger partial charge is 0.340 e. The Kier molecular flexibility index (Phi) is 5.01. The minimum absolute atomic E-state index is 0.362. The van der Waals surface area contributed by atoms with Gasteiger partial charge in [-0.2, -0.15) is 0 Å². The van der Waals surface area contributed by atoms with Crippen molar-refractivity contribution < 1.29 is 4.79 Å². The summed E-state index contributed by atoms with van der Waals surface area (Å²) in [5, 5.41) is 3.44. The van der Waals surface area contributed by atoms with Gasteiger partial charge in [0, 0.05) is 32.6 Å². The van der Waals surface area contributed by atoms with E-state index in [0.29, 0.717) is 17.7 Å². The van der Waals surface area contributed by atoms with Crippen molar-refractivity contribution in [2.24, 2.45) is 11.8 Å². The van der Waals surface area contributed by atoms with Crippen LogP contribution in [0.25, 0.3) is 0 Å². The molecule has 104 valence electrons. The molecule has 2 saturated heterocycles. The van der Waals surface area contributed by atoms with Gasteiger partial charge in [-0.15, -0.1) is 0 Å². The van der Waals surface area contributed by atoms with Crippen LogP contribution in [0.5, 0.6) is 0 Å². The van der Waals surface area contributed by atoms with Gasteiger partial charge < -0.3 is 15.1 Å². The first-order valence-corrected chi connectivity index (χ1v) is 7.34. The first-order chi connectivity index (χ1) is 8.66. The maximum Gasteiger partial charge on any atom is 0.222 e. The van der Waals surface area contributed by atoms with Crippen LogP contribution in [0.2, 0.25) is 0 Å². The minimum atomic E-state index is 0.362. The van der Waals surface area contributed by atoms with E-state index in [1.54, 1.807) is 0 Å². The SMILES string of the molecule is CC(CC(=O)N1CCN(C)CC1)C1CCCNC1. The normalized spacial score (nSPS) is 28.1. The fourth-order valence-corrected chi connectivity index (χ4v) is 2.99. The van der Waals surface area contributed by atoms with Crippen LogP contribution in [0.1, 0.15) is 26.2 Å². The molecule has 0 aliphatic carbocycles. The molecule has 2 aliphatic heterocycles. The second-order valence-electron chi connectivity index (χ2n) is 5.97. The number of hydrogen-bond donors (Lipinski definition) is 1. The monoisotopic (exact) mass is 253 g/mol. The Bertz CT molecular complexity index is 268. The van der Waals surface area contributed by atoms with E-state index in [1.807, 2.05) is 4.90 Å². The van der Waals surface area contributed by atoms with Crippen LogP contribution in [0.15, 0.2) is 0 Å². The van der Waals surface area contributed by atoms with Crippen molar-refractivity contribution in [3.8, 4) is 0 Å². The van der Waals surface area contributed by atoms with Crippen LogP contribution >= 0.6 is 0 Å². The Balaban J connectivity index is 1.75. The van der Waals surface area contributed by atoms with Crippen molar-refractivity contribution in [1.82, 2.24) is 15.1 Å². The summed E-state index contributed by atoms with van der Waals surface area (Å²) in [6, 6.07) is 0. The molecule has 2 atom stereocenters. The Hall–Kier alpha value is -0.610. The number of hydrogen-bond acceptors (Lipinski definition) is 3. The lowest BCUT2D eigenvalue weighted by atomic mass is 9.85. The van der Waals surface area contributed by atoms with Crippen LogP contribution in [0.3, 0.4) is 0 Å². The molecule has 0 aromatic heterocycles. The molecule has 0 saturated carbocycles. The van der Waals surface area contributed by atoms with Gasteiger partial charge >= 0.3 is 0 Å². The standard InChI is InChI=1S/C14H27N3O/c1-12(13-4-3-5-15-11-13)10-14(18)17-8-6-16(2)7-9-17/h12-13,15H,3-11H2,1-2H3. The predicted octanol–water partition coefficient (Wildman–Crippen LogP) is 0.786. The molecule has 4 heteroatoms. The van der Waals surface area contributed by atoms with E-state index >= 15 is 0 Å². The quantitative estimate of drug-likeness (QED) is 0.807. The van der Waals surface area contributed by atoms with E-state index < -0.39 is 0 Å². The number of likely N-dealkylation sites (N-methyl/N-ethyl adjacent to an activating group) is 1. The first-order valence-electron chi connectivity index (χ1n) is 7.34. The summed E-state index contributed by atoms with van der Waals surface area (Å²) < 4.78 is 0. The molecule has 0 bridgehead atoms. The Labute approximate surface area is 111 Å². The highest BCUT2D eigenvalue weighted by Crippen LogP contribution is 2.23. The second-order valence-corrected chi connectivity index (χ2v) is 5.97. The smallest absolute Gasteiger partial charge is 0.222 e. The molecule has 2 rings (SSSR count). The molecular formula is C14H27N3O. The highest BCUT2D eigenvalue weighted by molar-refractivity contribution is 5.76. The summed E-state index contributed by atoms with van der Waals surface area (Å²) in [6.45, 7) is 8.34. The maximum atomic E-state index is 12.2. The Morgan fingerprint density at radius 3 is 2.67 bits per heavy atom. The lowest BCUT2D eigenvalue weighted by molar-refractivity contribution is -0.134. The topological polar surface area (TPSA) is 35.6 Å². The number of piperidine rings is 1. The summed E-state index contributed by atoms with van der Waals surface area (Å²) >= 11 is 0. The van der Waals surface area contributed by atoms with Crippen molar-refractivity contribution >= 4 is 5.91 Å². The minimum Gasteiger partial charge on any atom is -0.340 e. The van der Waals surface area contributed by atoms with Gasteiger partial charge in [0.05, 0.1) is 0 Å². The average molecular weight is 253 g/mol. The van der Waals surface area contributed by atoms with E-state index in [9.17, 15) is 4.79 Å². The molecule has 0 radical (unpaired) electrons. The van der Waals surface area contributed by atoms with Gasteiger partial charge in [0.25, 0.3) is 0 Å². The third-order valence-electron chi connectivity index (χ3n) is 4.49. The third-order valence-corrected chi connectivity index (χ3v) is 4.49.